The lowest BCUT2D eigenvalue weighted by atomic mass is 10.0. The highest BCUT2D eigenvalue weighted by Gasteiger charge is 2.35. The van der Waals surface area contributed by atoms with Gasteiger partial charge in [-0.05, 0) is 26.7 Å². The molecule has 1 heterocycles. The van der Waals surface area contributed by atoms with Crippen molar-refractivity contribution in [3.8, 4) is 0 Å². The van der Waals surface area contributed by atoms with Gasteiger partial charge in [0.15, 0.2) is 5.96 Å². The van der Waals surface area contributed by atoms with E-state index in [1.54, 1.807) is 19.0 Å². The summed E-state index contributed by atoms with van der Waals surface area (Å²) in [6.07, 6.45) is 4.77. The van der Waals surface area contributed by atoms with Crippen molar-refractivity contribution in [2.45, 2.75) is 51.1 Å². The van der Waals surface area contributed by atoms with Crippen LogP contribution in [0.3, 0.4) is 0 Å². The number of hydrogen-bond acceptors (Lipinski definition) is 4. The summed E-state index contributed by atoms with van der Waals surface area (Å²) in [5.74, 6) is 0.494. The van der Waals surface area contributed by atoms with Crippen molar-refractivity contribution in [1.82, 2.24) is 20.0 Å². The minimum Gasteiger partial charge on any atom is -0.368 e. The van der Waals surface area contributed by atoms with Crippen LogP contribution in [0.2, 0.25) is 0 Å². The number of guanidine groups is 1. The SMILES string of the molecule is CN(C)C(=O)CN=C(NC1CCCC1)N1CCN(C(C)(C)C(N)=O)CC1.I. The number of nitrogens with zero attached hydrogens (tertiary/aromatic N) is 4. The summed E-state index contributed by atoms with van der Waals surface area (Å²) >= 11 is 0. The number of piperazine rings is 1. The van der Waals surface area contributed by atoms with Crippen LogP contribution in [0, 0.1) is 0 Å². The van der Waals surface area contributed by atoms with E-state index < -0.39 is 5.54 Å². The molecule has 1 saturated heterocycles. The number of carbonyl (C=O) groups is 2. The fourth-order valence-electron chi connectivity index (χ4n) is 3.41. The minimum atomic E-state index is -0.650. The fourth-order valence-corrected chi connectivity index (χ4v) is 3.41. The van der Waals surface area contributed by atoms with Crippen molar-refractivity contribution in [3.63, 3.8) is 0 Å². The average molecular weight is 494 g/mol. The molecule has 0 aromatic heterocycles. The summed E-state index contributed by atoms with van der Waals surface area (Å²) in [5, 5.41) is 3.55. The maximum atomic E-state index is 11.9. The van der Waals surface area contributed by atoms with E-state index in [0.29, 0.717) is 6.04 Å². The van der Waals surface area contributed by atoms with E-state index in [1.807, 2.05) is 13.8 Å². The number of carbonyl (C=O) groups excluding carboxylic acids is 2. The highest BCUT2D eigenvalue weighted by Crippen LogP contribution is 2.19. The number of primary amides is 1. The Labute approximate surface area is 179 Å². The van der Waals surface area contributed by atoms with Crippen molar-refractivity contribution >= 4 is 41.8 Å². The zero-order chi connectivity index (χ0) is 19.3. The van der Waals surface area contributed by atoms with Crippen LogP contribution in [0.1, 0.15) is 39.5 Å². The quantitative estimate of drug-likeness (QED) is 0.329. The van der Waals surface area contributed by atoms with Gasteiger partial charge in [0.1, 0.15) is 6.54 Å². The predicted octanol–water partition coefficient (Wildman–Crippen LogP) is 0.462. The molecule has 2 rings (SSSR count). The Hall–Kier alpha value is -1.10. The standard InChI is InChI=1S/C18H34N6O2.HI/c1-18(2,16(19)26)24-11-9-23(10-12-24)17(20-13-15(25)22(3)4)21-14-7-5-6-8-14;/h14H,5-13H2,1-4H3,(H2,19,26)(H,20,21);1H. The first-order valence-corrected chi connectivity index (χ1v) is 9.53. The van der Waals surface area contributed by atoms with Crippen LogP contribution in [0.4, 0.5) is 0 Å². The number of halogens is 1. The van der Waals surface area contributed by atoms with E-state index in [9.17, 15) is 9.59 Å². The second-order valence-corrected chi connectivity index (χ2v) is 7.95. The lowest BCUT2D eigenvalue weighted by molar-refractivity contribution is -0.129. The van der Waals surface area contributed by atoms with Gasteiger partial charge in [0.05, 0.1) is 5.54 Å². The number of nitrogens with two attached hydrogens (primary N) is 1. The van der Waals surface area contributed by atoms with Gasteiger partial charge < -0.3 is 20.9 Å². The number of amides is 2. The van der Waals surface area contributed by atoms with E-state index in [2.05, 4.69) is 20.1 Å². The summed E-state index contributed by atoms with van der Waals surface area (Å²) in [6.45, 7) is 6.87. The minimum absolute atomic E-state index is 0. The molecule has 3 N–H and O–H groups in total. The Kier molecular flexibility index (Phi) is 9.26. The van der Waals surface area contributed by atoms with Gasteiger partial charge in [0.25, 0.3) is 0 Å². The second kappa shape index (κ2) is 10.4. The van der Waals surface area contributed by atoms with Gasteiger partial charge in [0, 0.05) is 46.3 Å². The Morgan fingerprint density at radius 2 is 1.70 bits per heavy atom. The first-order valence-electron chi connectivity index (χ1n) is 9.53. The molecule has 8 nitrogen and oxygen atoms in total. The van der Waals surface area contributed by atoms with Gasteiger partial charge in [0.2, 0.25) is 11.8 Å². The molecule has 0 aromatic rings. The molecule has 156 valence electrons. The van der Waals surface area contributed by atoms with Crippen molar-refractivity contribution < 1.29 is 9.59 Å². The maximum absolute atomic E-state index is 11.9. The van der Waals surface area contributed by atoms with Gasteiger partial charge in [-0.1, -0.05) is 12.8 Å². The van der Waals surface area contributed by atoms with Gasteiger partial charge in [-0.25, -0.2) is 4.99 Å². The topological polar surface area (TPSA) is 94.3 Å². The predicted molar refractivity (Wildman–Crippen MR) is 118 cm³/mol. The van der Waals surface area contributed by atoms with Crippen LogP contribution in [-0.4, -0.2) is 90.9 Å². The smallest absolute Gasteiger partial charge is 0.243 e. The Balaban J connectivity index is 0.00000364. The zero-order valence-electron chi connectivity index (χ0n) is 17.0. The van der Waals surface area contributed by atoms with Gasteiger partial charge in [-0.2, -0.15) is 0 Å². The summed E-state index contributed by atoms with van der Waals surface area (Å²) in [7, 11) is 3.49. The molecular weight excluding hydrogens is 459 g/mol. The molecule has 0 radical (unpaired) electrons. The molecule has 1 saturated carbocycles. The van der Waals surface area contributed by atoms with E-state index in [1.165, 1.54) is 12.8 Å². The number of nitrogens with one attached hydrogen (secondary N) is 1. The van der Waals surface area contributed by atoms with Crippen LogP contribution in [0.15, 0.2) is 4.99 Å². The number of likely N-dealkylation sites (N-methyl/N-ethyl adjacent to an activating group) is 1. The summed E-state index contributed by atoms with van der Waals surface area (Å²) in [4.78, 5) is 34.1. The summed E-state index contributed by atoms with van der Waals surface area (Å²) < 4.78 is 0. The Morgan fingerprint density at radius 1 is 1.15 bits per heavy atom. The highest BCUT2D eigenvalue weighted by molar-refractivity contribution is 14.0. The third-order valence-corrected chi connectivity index (χ3v) is 5.52. The van der Waals surface area contributed by atoms with Crippen LogP contribution in [0.25, 0.3) is 0 Å². The number of rotatable bonds is 5. The molecule has 27 heavy (non-hydrogen) atoms. The number of aliphatic imine (C=N–C) groups is 1. The molecule has 2 aliphatic rings. The fraction of sp³-hybridized carbons (Fsp3) is 0.833. The third-order valence-electron chi connectivity index (χ3n) is 5.52. The molecular formula is C18H35IN6O2. The van der Waals surface area contributed by atoms with Gasteiger partial charge in [-0.15, -0.1) is 24.0 Å². The molecule has 0 bridgehead atoms. The van der Waals surface area contributed by atoms with Gasteiger partial charge in [-0.3, -0.25) is 14.5 Å². The van der Waals surface area contributed by atoms with E-state index in [0.717, 1.165) is 45.0 Å². The maximum Gasteiger partial charge on any atom is 0.243 e. The van der Waals surface area contributed by atoms with Crippen molar-refractivity contribution in [3.05, 3.63) is 0 Å². The van der Waals surface area contributed by atoms with E-state index in [-0.39, 0.29) is 42.3 Å². The highest BCUT2D eigenvalue weighted by atomic mass is 127. The molecule has 0 unspecified atom stereocenters. The molecule has 1 aliphatic heterocycles. The molecule has 2 amide bonds. The second-order valence-electron chi connectivity index (χ2n) is 7.95. The molecule has 0 atom stereocenters. The van der Waals surface area contributed by atoms with Crippen molar-refractivity contribution in [1.29, 1.82) is 0 Å². The van der Waals surface area contributed by atoms with Crippen LogP contribution in [-0.2, 0) is 9.59 Å². The van der Waals surface area contributed by atoms with Crippen LogP contribution >= 0.6 is 24.0 Å². The van der Waals surface area contributed by atoms with E-state index in [4.69, 9.17) is 5.73 Å². The molecule has 2 fully saturated rings. The van der Waals surface area contributed by atoms with Crippen molar-refractivity contribution in [2.24, 2.45) is 10.7 Å². The molecule has 9 heteroatoms. The molecule has 0 aromatic carbocycles. The zero-order valence-corrected chi connectivity index (χ0v) is 19.4. The largest absolute Gasteiger partial charge is 0.368 e. The van der Waals surface area contributed by atoms with Crippen molar-refractivity contribution in [2.75, 3.05) is 46.8 Å². The third kappa shape index (κ3) is 6.48. The van der Waals surface area contributed by atoms with Crippen LogP contribution < -0.4 is 11.1 Å². The normalized spacial score (nSPS) is 19.6. The van der Waals surface area contributed by atoms with Gasteiger partial charge >= 0.3 is 0 Å². The Morgan fingerprint density at radius 3 is 2.19 bits per heavy atom. The first kappa shape index (κ1) is 23.9. The van der Waals surface area contributed by atoms with E-state index >= 15 is 0 Å². The lowest BCUT2D eigenvalue weighted by Gasteiger charge is -2.43. The monoisotopic (exact) mass is 494 g/mol. The summed E-state index contributed by atoms with van der Waals surface area (Å²) in [6, 6.07) is 0.434. The molecule has 1 aliphatic carbocycles. The molecule has 0 spiro atoms. The number of hydrogen-bond donors (Lipinski definition) is 2. The lowest BCUT2D eigenvalue weighted by Crippen LogP contribution is -2.61. The summed E-state index contributed by atoms with van der Waals surface area (Å²) in [5.41, 5.74) is 4.89. The first-order chi connectivity index (χ1) is 12.2. The Bertz CT molecular complexity index is 538. The average Bonchev–Trinajstić information content (AvgIpc) is 3.11. The van der Waals surface area contributed by atoms with Crippen LogP contribution in [0.5, 0.6) is 0 Å².